The Hall–Kier alpha value is -5.27. The van der Waals surface area contributed by atoms with Crippen LogP contribution in [0.5, 0.6) is 0 Å². The number of carbonyl (C=O) groups is 1. The van der Waals surface area contributed by atoms with Gasteiger partial charge in [-0.25, -0.2) is 10.1 Å². The van der Waals surface area contributed by atoms with Gasteiger partial charge in [0.15, 0.2) is 5.78 Å². The highest BCUT2D eigenvalue weighted by Gasteiger charge is 2.37. The number of ketones is 1. The number of rotatable bonds is 2. The molecular formula is C38H23N3OS2. The van der Waals surface area contributed by atoms with Crippen LogP contribution in [0.4, 0.5) is 16.4 Å². The van der Waals surface area contributed by atoms with Crippen LogP contribution in [0, 0.1) is 17.9 Å². The number of hydrogen-bond donors (Lipinski definition) is 0. The summed E-state index contributed by atoms with van der Waals surface area (Å²) in [5.41, 5.74) is 6.88. The molecule has 3 heterocycles. The molecule has 8 rings (SSSR count). The van der Waals surface area contributed by atoms with Crippen molar-refractivity contribution in [1.29, 1.82) is 5.26 Å². The van der Waals surface area contributed by atoms with Crippen LogP contribution in [0.1, 0.15) is 45.8 Å². The molecule has 2 aromatic heterocycles. The molecular weight excluding hydrogens is 579 g/mol. The average Bonchev–Trinajstić information content (AvgIpc) is 3.70. The number of para-hydroxylation sites is 2. The molecule has 2 aliphatic rings. The van der Waals surface area contributed by atoms with Crippen LogP contribution in [0.25, 0.3) is 36.7 Å². The molecule has 208 valence electrons. The lowest BCUT2D eigenvalue weighted by atomic mass is 9.74. The summed E-state index contributed by atoms with van der Waals surface area (Å²) in [5.74, 6) is -0.152. The second-order valence-electron chi connectivity index (χ2n) is 11.5. The Morgan fingerprint density at radius 3 is 2.09 bits per heavy atom. The van der Waals surface area contributed by atoms with E-state index in [2.05, 4.69) is 96.4 Å². The number of Topliss-reactive ketones (excluding diaryl/α,β-unsaturated/α-hetero) is 1. The first-order valence-corrected chi connectivity index (χ1v) is 15.9. The number of anilines is 3. The molecule has 0 atom stereocenters. The molecule has 1 aliphatic carbocycles. The van der Waals surface area contributed by atoms with Crippen molar-refractivity contribution in [3.8, 4) is 6.07 Å². The van der Waals surface area contributed by atoms with Gasteiger partial charge in [0.1, 0.15) is 5.00 Å². The van der Waals surface area contributed by atoms with E-state index in [0.717, 1.165) is 15.0 Å². The Balaban J connectivity index is 1.24. The van der Waals surface area contributed by atoms with E-state index in [4.69, 9.17) is 6.57 Å². The lowest BCUT2D eigenvalue weighted by Gasteiger charge is -2.41. The first kappa shape index (κ1) is 26.4. The van der Waals surface area contributed by atoms with Crippen molar-refractivity contribution in [1.82, 2.24) is 0 Å². The van der Waals surface area contributed by atoms with Crippen molar-refractivity contribution in [2.45, 2.75) is 19.3 Å². The van der Waals surface area contributed by atoms with Crippen molar-refractivity contribution < 1.29 is 4.79 Å². The SMILES string of the molecule is [C-]#[N+]/C(C#N)=C1\C(=C\c2cc3cc4sc(N5c6ccccc6C(C)(C)c6ccccc65)cc4cc3s2)C(=O)c2ccccc21. The maximum atomic E-state index is 13.4. The van der Waals surface area contributed by atoms with Crippen molar-refractivity contribution >= 4 is 76.7 Å². The maximum absolute atomic E-state index is 13.4. The number of hydrogen-bond acceptors (Lipinski definition) is 5. The van der Waals surface area contributed by atoms with Gasteiger partial charge in [0, 0.05) is 36.4 Å². The molecule has 4 aromatic carbocycles. The molecule has 6 aromatic rings. The molecule has 4 nitrogen and oxygen atoms in total. The van der Waals surface area contributed by atoms with E-state index in [1.54, 1.807) is 28.7 Å². The van der Waals surface area contributed by atoms with Gasteiger partial charge in [-0.3, -0.25) is 4.79 Å². The number of allylic oxidation sites excluding steroid dienone is 3. The maximum Gasteiger partial charge on any atom is 0.270 e. The Bertz CT molecular complexity index is 2250. The van der Waals surface area contributed by atoms with Gasteiger partial charge >= 0.3 is 0 Å². The lowest BCUT2D eigenvalue weighted by molar-refractivity contribution is 0.104. The zero-order valence-electron chi connectivity index (χ0n) is 23.9. The van der Waals surface area contributed by atoms with Crippen LogP contribution in [0.15, 0.2) is 108 Å². The quantitative estimate of drug-likeness (QED) is 0.113. The number of fused-ring (bicyclic) bond motifs is 5. The van der Waals surface area contributed by atoms with E-state index in [0.29, 0.717) is 22.3 Å². The largest absolute Gasteiger partial charge is 0.301 e. The first-order valence-electron chi connectivity index (χ1n) is 14.2. The van der Waals surface area contributed by atoms with Gasteiger partial charge in [-0.15, -0.1) is 22.7 Å². The Morgan fingerprint density at radius 1 is 0.841 bits per heavy atom. The molecule has 0 unspecified atom stereocenters. The van der Waals surface area contributed by atoms with Gasteiger partial charge in [-0.05, 0) is 69.9 Å². The lowest BCUT2D eigenvalue weighted by Crippen LogP contribution is -2.30. The third-order valence-corrected chi connectivity index (χ3v) is 10.8. The van der Waals surface area contributed by atoms with E-state index < -0.39 is 0 Å². The predicted octanol–water partition coefficient (Wildman–Crippen LogP) is 10.7. The van der Waals surface area contributed by atoms with Crippen LogP contribution >= 0.6 is 22.7 Å². The molecule has 0 spiro atoms. The molecule has 6 heteroatoms. The fourth-order valence-electron chi connectivity index (χ4n) is 6.64. The number of thiophene rings is 2. The minimum atomic E-state index is -0.152. The van der Waals surface area contributed by atoms with Crippen LogP contribution in [-0.2, 0) is 5.41 Å². The van der Waals surface area contributed by atoms with Crippen LogP contribution in [0.3, 0.4) is 0 Å². The fourth-order valence-corrected chi connectivity index (χ4v) is 8.80. The summed E-state index contributed by atoms with van der Waals surface area (Å²) in [6, 6.07) is 35.4. The minimum Gasteiger partial charge on any atom is -0.301 e. The fraction of sp³-hybridized carbons (Fsp3) is 0.0789. The van der Waals surface area contributed by atoms with Crippen molar-refractivity contribution in [2.24, 2.45) is 0 Å². The van der Waals surface area contributed by atoms with Crippen molar-refractivity contribution in [2.75, 3.05) is 4.90 Å². The second-order valence-corrected chi connectivity index (χ2v) is 13.7. The summed E-state index contributed by atoms with van der Waals surface area (Å²) < 4.78 is 2.31. The first-order chi connectivity index (χ1) is 21.4. The number of benzene rings is 4. The summed E-state index contributed by atoms with van der Waals surface area (Å²) in [6.45, 7) is 12.2. The van der Waals surface area contributed by atoms with Crippen molar-refractivity contribution in [3.63, 3.8) is 0 Å². The summed E-state index contributed by atoms with van der Waals surface area (Å²) in [5, 5.41) is 13.1. The Morgan fingerprint density at radius 2 is 1.43 bits per heavy atom. The molecule has 0 N–H and O–H groups in total. The Kier molecular flexibility index (Phi) is 5.77. The number of carbonyl (C=O) groups excluding carboxylic acids is 1. The Labute approximate surface area is 262 Å². The molecule has 44 heavy (non-hydrogen) atoms. The molecule has 0 fully saturated rings. The number of nitrogens with zero attached hydrogens (tertiary/aromatic N) is 3. The summed E-state index contributed by atoms with van der Waals surface area (Å²) in [6.07, 6.45) is 1.84. The van der Waals surface area contributed by atoms with Gasteiger partial charge in [0.2, 0.25) is 0 Å². The normalized spacial score (nSPS) is 16.9. The van der Waals surface area contributed by atoms with E-state index in [-0.39, 0.29) is 16.9 Å². The monoisotopic (exact) mass is 601 g/mol. The van der Waals surface area contributed by atoms with Crippen LogP contribution in [-0.4, -0.2) is 5.78 Å². The van der Waals surface area contributed by atoms with Crippen molar-refractivity contribution in [3.05, 3.63) is 147 Å². The predicted molar refractivity (Wildman–Crippen MR) is 182 cm³/mol. The summed E-state index contributed by atoms with van der Waals surface area (Å²) in [7, 11) is 0. The zero-order valence-corrected chi connectivity index (χ0v) is 25.5. The third-order valence-electron chi connectivity index (χ3n) is 8.71. The van der Waals surface area contributed by atoms with E-state index in [1.807, 2.05) is 30.3 Å². The molecule has 0 bridgehead atoms. The third kappa shape index (κ3) is 3.76. The van der Waals surface area contributed by atoms with E-state index in [9.17, 15) is 10.1 Å². The standard InChI is InChI=1S/C38H23N3OS2/c1-38(2)28-12-6-8-14-31(28)41(32-15-9-7-13-29(32)38)35-19-23-18-33-22(17-34(23)44-35)16-24(43-33)20-27-36(30(21-39)40-3)25-10-4-5-11-26(25)37(27)42/h4-20H,1-2H3/b27-20-,36-30-. The highest BCUT2D eigenvalue weighted by Crippen LogP contribution is 2.53. The molecule has 0 amide bonds. The smallest absolute Gasteiger partial charge is 0.270 e. The van der Waals surface area contributed by atoms with Gasteiger partial charge in [0.05, 0.1) is 24.0 Å². The van der Waals surface area contributed by atoms with Crippen LogP contribution < -0.4 is 4.90 Å². The zero-order chi connectivity index (χ0) is 30.2. The van der Waals surface area contributed by atoms with Gasteiger partial charge in [-0.2, -0.15) is 0 Å². The van der Waals surface area contributed by atoms with Gasteiger partial charge in [0.25, 0.3) is 5.70 Å². The van der Waals surface area contributed by atoms with E-state index in [1.165, 1.54) is 37.6 Å². The number of nitriles is 1. The highest BCUT2D eigenvalue weighted by atomic mass is 32.1. The average molecular weight is 602 g/mol. The second kappa shape index (κ2) is 9.62. The molecule has 1 aliphatic heterocycles. The molecule has 0 saturated carbocycles. The summed E-state index contributed by atoms with van der Waals surface area (Å²) in [4.78, 5) is 20.2. The highest BCUT2D eigenvalue weighted by molar-refractivity contribution is 7.23. The van der Waals surface area contributed by atoms with Gasteiger partial charge in [-0.1, -0.05) is 74.5 Å². The topological polar surface area (TPSA) is 48.5 Å². The van der Waals surface area contributed by atoms with E-state index >= 15 is 0 Å². The van der Waals surface area contributed by atoms with Gasteiger partial charge < -0.3 is 4.90 Å². The molecule has 0 radical (unpaired) electrons. The molecule has 0 saturated heterocycles. The van der Waals surface area contributed by atoms with Crippen LogP contribution in [0.2, 0.25) is 0 Å². The summed E-state index contributed by atoms with van der Waals surface area (Å²) >= 11 is 3.38. The minimum absolute atomic E-state index is 0.0621.